The molecule has 2 rings (SSSR count). The Morgan fingerprint density at radius 2 is 2.31 bits per heavy atom. The molecule has 0 spiro atoms. The second-order valence-corrected chi connectivity index (χ2v) is 3.71. The molecule has 0 radical (unpaired) electrons. The molecule has 84 valence electrons. The number of H-pyrrole nitrogens is 1. The van der Waals surface area contributed by atoms with Crippen molar-refractivity contribution in [2.75, 3.05) is 17.6 Å². The number of nitrogen functional groups attached to an aromatic ring is 1. The number of hydrogen-bond donors (Lipinski definition) is 3. The fourth-order valence-corrected chi connectivity index (χ4v) is 1.54. The van der Waals surface area contributed by atoms with E-state index in [4.69, 9.17) is 5.73 Å². The monoisotopic (exact) mass is 217 g/mol. The van der Waals surface area contributed by atoms with Crippen molar-refractivity contribution in [3.8, 4) is 0 Å². The molecule has 1 heterocycles. The highest BCUT2D eigenvalue weighted by atomic mass is 15.3. The molecule has 0 saturated heterocycles. The number of nitrogens with one attached hydrogen (secondary N) is 2. The number of anilines is 2. The number of benzene rings is 1. The van der Waals surface area contributed by atoms with Crippen molar-refractivity contribution < 1.29 is 0 Å². The highest BCUT2D eigenvalue weighted by Gasteiger charge is 1.98. The quantitative estimate of drug-likeness (QED) is 0.722. The maximum absolute atomic E-state index is 5.41. The second kappa shape index (κ2) is 4.65. The van der Waals surface area contributed by atoms with Crippen molar-refractivity contribution in [1.82, 2.24) is 15.2 Å². The van der Waals surface area contributed by atoms with E-state index in [1.807, 2.05) is 0 Å². The van der Waals surface area contributed by atoms with Gasteiger partial charge >= 0.3 is 0 Å². The largest absolute Gasteiger partial charge is 0.368 e. The van der Waals surface area contributed by atoms with E-state index in [9.17, 15) is 0 Å². The molecule has 0 fully saturated rings. The molecule has 2 aromatic rings. The van der Waals surface area contributed by atoms with Gasteiger partial charge in [0.25, 0.3) is 0 Å². The highest BCUT2D eigenvalue weighted by Crippen LogP contribution is 2.05. The van der Waals surface area contributed by atoms with Crippen LogP contribution in [0.1, 0.15) is 11.1 Å². The molecule has 4 N–H and O–H groups in total. The summed E-state index contributed by atoms with van der Waals surface area (Å²) in [5, 5.41) is 9.57. The summed E-state index contributed by atoms with van der Waals surface area (Å²) in [5.41, 5.74) is 7.99. The van der Waals surface area contributed by atoms with Crippen molar-refractivity contribution in [3.63, 3.8) is 0 Å². The van der Waals surface area contributed by atoms with Gasteiger partial charge in [-0.25, -0.2) is 5.10 Å². The van der Waals surface area contributed by atoms with E-state index in [0.29, 0.717) is 11.9 Å². The molecule has 16 heavy (non-hydrogen) atoms. The first-order chi connectivity index (χ1) is 7.74. The Kier molecular flexibility index (Phi) is 3.05. The smallest absolute Gasteiger partial charge is 0.243 e. The van der Waals surface area contributed by atoms with Crippen LogP contribution in [0.3, 0.4) is 0 Å². The molecule has 0 unspecified atom stereocenters. The van der Waals surface area contributed by atoms with Crippen molar-refractivity contribution in [1.29, 1.82) is 0 Å². The highest BCUT2D eigenvalue weighted by molar-refractivity contribution is 5.30. The van der Waals surface area contributed by atoms with Crippen LogP contribution in [0.4, 0.5) is 11.9 Å². The second-order valence-electron chi connectivity index (χ2n) is 3.71. The Morgan fingerprint density at radius 3 is 3.00 bits per heavy atom. The van der Waals surface area contributed by atoms with Crippen LogP contribution >= 0.6 is 0 Å². The van der Waals surface area contributed by atoms with Crippen LogP contribution in [-0.2, 0) is 6.42 Å². The van der Waals surface area contributed by atoms with Gasteiger partial charge in [-0.3, -0.25) is 0 Å². The lowest BCUT2D eigenvalue weighted by molar-refractivity contribution is 0.983. The van der Waals surface area contributed by atoms with E-state index >= 15 is 0 Å². The van der Waals surface area contributed by atoms with Gasteiger partial charge in [-0.05, 0) is 18.9 Å². The van der Waals surface area contributed by atoms with Crippen molar-refractivity contribution >= 4 is 11.9 Å². The first-order valence-electron chi connectivity index (χ1n) is 5.21. The summed E-state index contributed by atoms with van der Waals surface area (Å²) in [6.07, 6.45) is 0.941. The first-order valence-corrected chi connectivity index (χ1v) is 5.21. The number of aromatic nitrogens is 3. The molecule has 0 amide bonds. The maximum Gasteiger partial charge on any atom is 0.243 e. The van der Waals surface area contributed by atoms with Crippen LogP contribution in [0.5, 0.6) is 0 Å². The number of rotatable bonds is 4. The molecular weight excluding hydrogens is 202 g/mol. The SMILES string of the molecule is Cc1cccc(CCNc2n[nH]c(N)n2)c1. The molecule has 0 aliphatic carbocycles. The van der Waals surface area contributed by atoms with E-state index in [1.165, 1.54) is 11.1 Å². The third-order valence-electron chi connectivity index (χ3n) is 2.28. The summed E-state index contributed by atoms with van der Waals surface area (Å²) < 4.78 is 0. The molecule has 5 nitrogen and oxygen atoms in total. The van der Waals surface area contributed by atoms with Gasteiger partial charge in [0.1, 0.15) is 0 Å². The van der Waals surface area contributed by atoms with Gasteiger partial charge in [-0.1, -0.05) is 29.8 Å². The summed E-state index contributed by atoms with van der Waals surface area (Å²) in [6.45, 7) is 2.88. The summed E-state index contributed by atoms with van der Waals surface area (Å²) >= 11 is 0. The molecule has 0 aliphatic rings. The van der Waals surface area contributed by atoms with Crippen molar-refractivity contribution in [2.45, 2.75) is 13.3 Å². The van der Waals surface area contributed by atoms with Crippen LogP contribution in [0.15, 0.2) is 24.3 Å². The first kappa shape index (κ1) is 10.5. The summed E-state index contributed by atoms with van der Waals surface area (Å²) in [6, 6.07) is 8.44. The minimum Gasteiger partial charge on any atom is -0.368 e. The van der Waals surface area contributed by atoms with E-state index in [2.05, 4.69) is 51.7 Å². The Labute approximate surface area is 94.1 Å². The van der Waals surface area contributed by atoms with E-state index in [-0.39, 0.29) is 0 Å². The molecule has 0 atom stereocenters. The Morgan fingerprint density at radius 1 is 1.44 bits per heavy atom. The molecule has 5 heteroatoms. The summed E-state index contributed by atoms with van der Waals surface area (Å²) in [4.78, 5) is 3.96. The van der Waals surface area contributed by atoms with Crippen LogP contribution in [-0.4, -0.2) is 21.7 Å². The Balaban J connectivity index is 1.84. The molecule has 1 aromatic carbocycles. The van der Waals surface area contributed by atoms with Crippen molar-refractivity contribution in [3.05, 3.63) is 35.4 Å². The lowest BCUT2D eigenvalue weighted by Gasteiger charge is -2.03. The van der Waals surface area contributed by atoms with Gasteiger partial charge in [0, 0.05) is 6.54 Å². The van der Waals surface area contributed by atoms with Gasteiger partial charge in [0.15, 0.2) is 0 Å². The average Bonchev–Trinajstić information content (AvgIpc) is 2.64. The van der Waals surface area contributed by atoms with Crippen LogP contribution < -0.4 is 11.1 Å². The lowest BCUT2D eigenvalue weighted by Crippen LogP contribution is -2.06. The molecular formula is C11H15N5. The van der Waals surface area contributed by atoms with Crippen LogP contribution in [0.2, 0.25) is 0 Å². The van der Waals surface area contributed by atoms with Gasteiger partial charge in [0.2, 0.25) is 11.9 Å². The summed E-state index contributed by atoms with van der Waals surface area (Å²) in [5.74, 6) is 0.878. The van der Waals surface area contributed by atoms with E-state index in [0.717, 1.165) is 13.0 Å². The van der Waals surface area contributed by atoms with Crippen molar-refractivity contribution in [2.24, 2.45) is 0 Å². The minimum atomic E-state index is 0.332. The van der Waals surface area contributed by atoms with Crippen LogP contribution in [0, 0.1) is 6.92 Å². The Bertz CT molecular complexity index is 463. The number of aromatic amines is 1. The van der Waals surface area contributed by atoms with Gasteiger partial charge in [-0.15, -0.1) is 5.10 Å². The number of aryl methyl sites for hydroxylation is 1. The molecule has 0 bridgehead atoms. The topological polar surface area (TPSA) is 79.6 Å². The number of nitrogens with zero attached hydrogens (tertiary/aromatic N) is 2. The zero-order valence-corrected chi connectivity index (χ0v) is 9.20. The van der Waals surface area contributed by atoms with Crippen LogP contribution in [0.25, 0.3) is 0 Å². The zero-order valence-electron chi connectivity index (χ0n) is 9.20. The normalized spacial score (nSPS) is 10.3. The van der Waals surface area contributed by atoms with E-state index < -0.39 is 0 Å². The van der Waals surface area contributed by atoms with Gasteiger partial charge in [0.05, 0.1) is 0 Å². The molecule has 0 aliphatic heterocycles. The zero-order chi connectivity index (χ0) is 11.4. The fourth-order valence-electron chi connectivity index (χ4n) is 1.54. The lowest BCUT2D eigenvalue weighted by atomic mass is 10.1. The predicted molar refractivity (Wildman–Crippen MR) is 64.2 cm³/mol. The summed E-state index contributed by atoms with van der Waals surface area (Å²) in [7, 11) is 0. The maximum atomic E-state index is 5.41. The minimum absolute atomic E-state index is 0.332. The Hall–Kier alpha value is -2.04. The van der Waals surface area contributed by atoms with Gasteiger partial charge < -0.3 is 11.1 Å². The average molecular weight is 217 g/mol. The molecule has 1 aromatic heterocycles. The number of nitrogens with two attached hydrogens (primary N) is 1. The predicted octanol–water partition coefficient (Wildman–Crippen LogP) is 1.35. The fraction of sp³-hybridized carbons (Fsp3) is 0.273. The third-order valence-corrected chi connectivity index (χ3v) is 2.28. The molecule has 0 saturated carbocycles. The van der Waals surface area contributed by atoms with Gasteiger partial charge in [-0.2, -0.15) is 4.98 Å². The third kappa shape index (κ3) is 2.73. The standard InChI is InChI=1S/C11H15N5/c1-8-3-2-4-9(7-8)5-6-13-11-14-10(12)15-16-11/h2-4,7H,5-6H2,1H3,(H4,12,13,14,15,16). The van der Waals surface area contributed by atoms with E-state index in [1.54, 1.807) is 0 Å². The number of hydrogen-bond acceptors (Lipinski definition) is 4.